The highest BCUT2D eigenvalue weighted by atomic mass is 14.4. The number of hydrogen-bond acceptors (Lipinski definition) is 0. The van der Waals surface area contributed by atoms with E-state index < -0.39 is 0 Å². The molecule has 0 aromatic heterocycles. The second-order valence-electron chi connectivity index (χ2n) is 8.23. The summed E-state index contributed by atoms with van der Waals surface area (Å²) in [6.07, 6.45) is 15.3. The average Bonchev–Trinajstić information content (AvgIpc) is 3.20. The van der Waals surface area contributed by atoms with Gasteiger partial charge in [-0.3, -0.25) is 0 Å². The number of hydrogen-bond donors (Lipinski definition) is 0. The van der Waals surface area contributed by atoms with Gasteiger partial charge in [-0.2, -0.15) is 0 Å². The summed E-state index contributed by atoms with van der Waals surface area (Å²) < 4.78 is 0. The van der Waals surface area contributed by atoms with Gasteiger partial charge in [-0.05, 0) is 72.6 Å². The molecule has 29 heavy (non-hydrogen) atoms. The lowest BCUT2D eigenvalue weighted by atomic mass is 9.81. The van der Waals surface area contributed by atoms with Gasteiger partial charge in [-0.25, -0.2) is 0 Å². The number of benzene rings is 2. The molecule has 0 aliphatic heterocycles. The lowest BCUT2D eigenvalue weighted by Crippen LogP contribution is -2.13. The molecule has 1 fully saturated rings. The van der Waals surface area contributed by atoms with Crippen LogP contribution >= 0.6 is 0 Å². The Kier molecular flexibility index (Phi) is 7.47. The van der Waals surface area contributed by atoms with Crippen molar-refractivity contribution in [3.8, 4) is 0 Å². The van der Waals surface area contributed by atoms with Crippen LogP contribution in [0.5, 0.6) is 0 Å². The van der Waals surface area contributed by atoms with E-state index in [9.17, 15) is 0 Å². The standard InChI is InChI=1S/C29H34/c1-5-7-9-15-23(4)26-18-12-13-19-27(26)25-20-28(22(3)14-6-2)29(21-25)24-16-10-8-11-17-24/h5-19,22,25,28-29H,4,20-21H2,1-3H3/b7-5-,14-6-,15-9-. The van der Waals surface area contributed by atoms with Crippen LogP contribution in [0.2, 0.25) is 0 Å². The highest BCUT2D eigenvalue weighted by Crippen LogP contribution is 2.51. The maximum Gasteiger partial charge on any atom is -0.0122 e. The van der Waals surface area contributed by atoms with Gasteiger partial charge in [0.2, 0.25) is 0 Å². The van der Waals surface area contributed by atoms with Gasteiger partial charge >= 0.3 is 0 Å². The largest absolute Gasteiger partial charge is 0.0914 e. The third kappa shape index (κ3) is 5.07. The molecule has 2 aromatic carbocycles. The van der Waals surface area contributed by atoms with Gasteiger partial charge in [0.05, 0.1) is 0 Å². The molecular weight excluding hydrogens is 348 g/mol. The molecule has 3 rings (SSSR count). The molecule has 0 amide bonds. The molecule has 0 N–H and O–H groups in total. The summed E-state index contributed by atoms with van der Waals surface area (Å²) in [7, 11) is 0. The molecule has 0 spiro atoms. The van der Waals surface area contributed by atoms with E-state index in [1.54, 1.807) is 0 Å². The van der Waals surface area contributed by atoms with Crippen LogP contribution in [-0.2, 0) is 0 Å². The van der Waals surface area contributed by atoms with Crippen molar-refractivity contribution >= 4 is 5.57 Å². The van der Waals surface area contributed by atoms with Crippen LogP contribution < -0.4 is 0 Å². The van der Waals surface area contributed by atoms with Crippen LogP contribution in [0.15, 0.2) is 97.6 Å². The monoisotopic (exact) mass is 382 g/mol. The summed E-state index contributed by atoms with van der Waals surface area (Å²) in [5.74, 6) is 2.42. The summed E-state index contributed by atoms with van der Waals surface area (Å²) in [6.45, 7) is 10.9. The van der Waals surface area contributed by atoms with Gasteiger partial charge in [0.25, 0.3) is 0 Å². The molecule has 0 heteroatoms. The van der Waals surface area contributed by atoms with Crippen LogP contribution in [0.4, 0.5) is 0 Å². The Labute approximate surface area is 177 Å². The Hall–Kier alpha value is -2.60. The van der Waals surface area contributed by atoms with E-state index in [0.717, 1.165) is 5.57 Å². The average molecular weight is 383 g/mol. The Morgan fingerprint density at radius 2 is 1.66 bits per heavy atom. The molecule has 4 atom stereocenters. The van der Waals surface area contributed by atoms with Crippen molar-refractivity contribution in [1.29, 1.82) is 0 Å². The third-order valence-electron chi connectivity index (χ3n) is 6.36. The van der Waals surface area contributed by atoms with E-state index in [-0.39, 0.29) is 0 Å². The number of rotatable bonds is 7. The molecule has 2 aromatic rings. The molecule has 4 unspecified atom stereocenters. The predicted molar refractivity (Wildman–Crippen MR) is 128 cm³/mol. The van der Waals surface area contributed by atoms with Gasteiger partial charge in [-0.1, -0.05) is 105 Å². The lowest BCUT2D eigenvalue weighted by molar-refractivity contribution is 0.387. The lowest BCUT2D eigenvalue weighted by Gasteiger charge is -2.24. The van der Waals surface area contributed by atoms with Crippen LogP contribution in [0, 0.1) is 11.8 Å². The Balaban J connectivity index is 1.93. The molecule has 1 aliphatic carbocycles. The highest BCUT2D eigenvalue weighted by Gasteiger charge is 2.38. The molecule has 1 saturated carbocycles. The zero-order valence-corrected chi connectivity index (χ0v) is 18.1. The Morgan fingerprint density at radius 1 is 0.931 bits per heavy atom. The smallest absolute Gasteiger partial charge is 0.0122 e. The van der Waals surface area contributed by atoms with Crippen molar-refractivity contribution < 1.29 is 0 Å². The second kappa shape index (κ2) is 10.3. The fraction of sp³-hybridized carbons (Fsp3) is 0.310. The normalized spacial score (nSPS) is 23.3. The maximum atomic E-state index is 4.36. The van der Waals surface area contributed by atoms with Crippen molar-refractivity contribution in [3.05, 3.63) is 114 Å². The Bertz CT molecular complexity index is 881. The van der Waals surface area contributed by atoms with Gasteiger partial charge in [0.1, 0.15) is 0 Å². The van der Waals surface area contributed by atoms with Crippen molar-refractivity contribution in [1.82, 2.24) is 0 Å². The summed E-state index contributed by atoms with van der Waals surface area (Å²) in [5, 5.41) is 0. The van der Waals surface area contributed by atoms with Gasteiger partial charge < -0.3 is 0 Å². The van der Waals surface area contributed by atoms with E-state index in [1.165, 1.54) is 29.5 Å². The first-order valence-corrected chi connectivity index (χ1v) is 10.9. The maximum absolute atomic E-state index is 4.36. The fourth-order valence-electron chi connectivity index (χ4n) is 4.95. The quantitative estimate of drug-likeness (QED) is 0.333. The minimum absolute atomic E-state index is 0.570. The van der Waals surface area contributed by atoms with Gasteiger partial charge in [0.15, 0.2) is 0 Å². The molecular formula is C29H34. The molecule has 0 heterocycles. The molecule has 0 bridgehead atoms. The minimum atomic E-state index is 0.570. The van der Waals surface area contributed by atoms with Gasteiger partial charge in [0, 0.05) is 0 Å². The summed E-state index contributed by atoms with van der Waals surface area (Å²) in [6, 6.07) is 20.0. The highest BCUT2D eigenvalue weighted by molar-refractivity contribution is 5.75. The molecule has 0 nitrogen and oxygen atoms in total. The van der Waals surface area contributed by atoms with Crippen molar-refractivity contribution in [2.75, 3.05) is 0 Å². The summed E-state index contributed by atoms with van der Waals surface area (Å²) >= 11 is 0. The van der Waals surface area contributed by atoms with Crippen LogP contribution in [0.3, 0.4) is 0 Å². The fourth-order valence-corrected chi connectivity index (χ4v) is 4.95. The summed E-state index contributed by atoms with van der Waals surface area (Å²) in [4.78, 5) is 0. The predicted octanol–water partition coefficient (Wildman–Crippen LogP) is 8.32. The first kappa shape index (κ1) is 21.1. The molecule has 0 radical (unpaired) electrons. The molecule has 150 valence electrons. The first-order chi connectivity index (χ1) is 14.2. The SMILES string of the molecule is C=C(/C=C\C=C/C)c1ccccc1C1CC(c2ccccc2)C(C(C)/C=C\C)C1. The Morgan fingerprint density at radius 3 is 2.38 bits per heavy atom. The van der Waals surface area contributed by atoms with Crippen LogP contribution in [0.1, 0.15) is 62.1 Å². The van der Waals surface area contributed by atoms with E-state index in [4.69, 9.17) is 0 Å². The van der Waals surface area contributed by atoms with E-state index >= 15 is 0 Å². The second-order valence-corrected chi connectivity index (χ2v) is 8.23. The van der Waals surface area contributed by atoms with Crippen LogP contribution in [-0.4, -0.2) is 0 Å². The zero-order valence-electron chi connectivity index (χ0n) is 18.1. The first-order valence-electron chi connectivity index (χ1n) is 10.9. The molecule has 0 saturated heterocycles. The van der Waals surface area contributed by atoms with Crippen LogP contribution in [0.25, 0.3) is 5.57 Å². The van der Waals surface area contributed by atoms with E-state index in [0.29, 0.717) is 23.7 Å². The molecule has 1 aliphatic rings. The van der Waals surface area contributed by atoms with Crippen molar-refractivity contribution in [2.45, 2.75) is 45.4 Å². The van der Waals surface area contributed by atoms with Crippen molar-refractivity contribution in [2.24, 2.45) is 11.8 Å². The minimum Gasteiger partial charge on any atom is -0.0914 e. The topological polar surface area (TPSA) is 0 Å². The summed E-state index contributed by atoms with van der Waals surface area (Å²) in [5.41, 5.74) is 5.34. The van der Waals surface area contributed by atoms with Crippen molar-refractivity contribution in [3.63, 3.8) is 0 Å². The number of allylic oxidation sites excluding steroid dienone is 7. The zero-order chi connectivity index (χ0) is 20.6. The van der Waals surface area contributed by atoms with E-state index in [1.807, 2.05) is 13.0 Å². The van der Waals surface area contributed by atoms with E-state index in [2.05, 4.69) is 105 Å². The van der Waals surface area contributed by atoms with Gasteiger partial charge in [-0.15, -0.1) is 0 Å². The third-order valence-corrected chi connectivity index (χ3v) is 6.36.